The van der Waals surface area contributed by atoms with Gasteiger partial charge in [-0.05, 0) is 31.7 Å². The van der Waals surface area contributed by atoms with Crippen LogP contribution in [0.3, 0.4) is 0 Å². The van der Waals surface area contributed by atoms with E-state index in [-0.39, 0.29) is 18.6 Å². The van der Waals surface area contributed by atoms with Gasteiger partial charge in [-0.1, -0.05) is 6.92 Å². The van der Waals surface area contributed by atoms with Gasteiger partial charge < -0.3 is 20.9 Å². The Labute approximate surface area is 119 Å². The van der Waals surface area contributed by atoms with Gasteiger partial charge in [-0.3, -0.25) is 9.69 Å². The monoisotopic (exact) mass is 281 g/mol. The number of nitrogens with zero attached hydrogens (tertiary/aromatic N) is 1. The van der Waals surface area contributed by atoms with Gasteiger partial charge in [-0.25, -0.2) is 0 Å². The zero-order chi connectivity index (χ0) is 15.1. The molecular formula is C14H23N3O3. The zero-order valence-electron chi connectivity index (χ0n) is 12.2. The van der Waals surface area contributed by atoms with Crippen LogP contribution >= 0.6 is 0 Å². The molecule has 6 heteroatoms. The van der Waals surface area contributed by atoms with Crippen molar-refractivity contribution in [2.75, 3.05) is 37.9 Å². The fraction of sp³-hybridized carbons (Fsp3) is 0.500. The number of aliphatic hydroxyl groups excluding tert-OH is 1. The molecule has 6 nitrogen and oxygen atoms in total. The molecule has 20 heavy (non-hydrogen) atoms. The highest BCUT2D eigenvalue weighted by Crippen LogP contribution is 2.26. The van der Waals surface area contributed by atoms with Gasteiger partial charge in [0.1, 0.15) is 5.75 Å². The average Bonchev–Trinajstić information content (AvgIpc) is 2.44. The number of benzene rings is 1. The smallest absolute Gasteiger partial charge is 0.241 e. The van der Waals surface area contributed by atoms with E-state index in [1.165, 1.54) is 7.11 Å². The molecule has 0 fully saturated rings. The number of ether oxygens (including phenoxy) is 1. The summed E-state index contributed by atoms with van der Waals surface area (Å²) in [5.41, 5.74) is 6.82. The summed E-state index contributed by atoms with van der Waals surface area (Å²) >= 11 is 0. The van der Waals surface area contributed by atoms with E-state index < -0.39 is 0 Å². The first kappa shape index (κ1) is 16.3. The zero-order valence-corrected chi connectivity index (χ0v) is 12.2. The third-order valence-electron chi connectivity index (χ3n) is 3.20. The molecule has 0 saturated heterocycles. The minimum absolute atomic E-state index is 0.0209. The summed E-state index contributed by atoms with van der Waals surface area (Å²) in [7, 11) is 1.54. The van der Waals surface area contributed by atoms with Crippen molar-refractivity contribution in [1.29, 1.82) is 0 Å². The lowest BCUT2D eigenvalue weighted by Crippen LogP contribution is -2.43. The number of aliphatic hydroxyl groups is 1. The van der Waals surface area contributed by atoms with Gasteiger partial charge in [0.15, 0.2) is 0 Å². The van der Waals surface area contributed by atoms with Crippen LogP contribution in [-0.4, -0.2) is 48.8 Å². The van der Waals surface area contributed by atoms with Gasteiger partial charge in [-0.2, -0.15) is 0 Å². The molecule has 0 bridgehead atoms. The molecule has 1 unspecified atom stereocenters. The molecular weight excluding hydrogens is 258 g/mol. The van der Waals surface area contributed by atoms with Gasteiger partial charge in [0.2, 0.25) is 5.91 Å². The predicted molar refractivity (Wildman–Crippen MR) is 79.8 cm³/mol. The maximum atomic E-state index is 12.2. The van der Waals surface area contributed by atoms with Crippen molar-refractivity contribution in [1.82, 2.24) is 4.90 Å². The third-order valence-corrected chi connectivity index (χ3v) is 3.20. The van der Waals surface area contributed by atoms with Gasteiger partial charge in [0.05, 0.1) is 25.4 Å². The molecule has 0 aromatic heterocycles. The summed E-state index contributed by atoms with van der Waals surface area (Å²) in [4.78, 5) is 14.1. The summed E-state index contributed by atoms with van der Waals surface area (Å²) in [5, 5.41) is 11.8. The number of amides is 1. The van der Waals surface area contributed by atoms with Crippen molar-refractivity contribution in [3.63, 3.8) is 0 Å². The molecule has 1 amide bonds. The molecule has 0 aliphatic heterocycles. The second-order valence-corrected chi connectivity index (χ2v) is 4.48. The Balaban J connectivity index is 2.81. The maximum absolute atomic E-state index is 12.2. The largest absolute Gasteiger partial charge is 0.495 e. The Hall–Kier alpha value is -1.79. The fourth-order valence-electron chi connectivity index (χ4n) is 1.98. The normalized spacial score (nSPS) is 12.2. The van der Waals surface area contributed by atoms with Crippen molar-refractivity contribution in [3.05, 3.63) is 18.2 Å². The molecule has 0 spiro atoms. The Morgan fingerprint density at radius 2 is 2.25 bits per heavy atom. The SMILES string of the molecule is CCN(CCO)C(C)C(=O)Nc1cc(N)ccc1OC. The lowest BCUT2D eigenvalue weighted by atomic mass is 10.2. The highest BCUT2D eigenvalue weighted by atomic mass is 16.5. The van der Waals surface area contributed by atoms with Crippen LogP contribution in [0.15, 0.2) is 18.2 Å². The summed E-state index contributed by atoms with van der Waals surface area (Å²) in [6.45, 7) is 4.91. The number of nitrogens with two attached hydrogens (primary N) is 1. The molecule has 0 aliphatic carbocycles. The quantitative estimate of drug-likeness (QED) is 0.647. The number of hydrogen-bond acceptors (Lipinski definition) is 5. The molecule has 0 aliphatic rings. The standard InChI is InChI=1S/C14H23N3O3/c1-4-17(7-8-18)10(2)14(19)16-12-9-11(15)5-6-13(12)20-3/h5-6,9-10,18H,4,7-8,15H2,1-3H3,(H,16,19). The van der Waals surface area contributed by atoms with Crippen LogP contribution in [0.2, 0.25) is 0 Å². The number of carbonyl (C=O) groups excluding carboxylic acids is 1. The predicted octanol–water partition coefficient (Wildman–Crippen LogP) is 0.919. The molecule has 0 radical (unpaired) electrons. The average molecular weight is 281 g/mol. The molecule has 1 aromatic carbocycles. The van der Waals surface area contributed by atoms with Crippen molar-refractivity contribution in [2.45, 2.75) is 19.9 Å². The third kappa shape index (κ3) is 4.11. The second-order valence-electron chi connectivity index (χ2n) is 4.48. The van der Waals surface area contributed by atoms with Crippen molar-refractivity contribution in [2.24, 2.45) is 0 Å². The van der Waals surface area contributed by atoms with E-state index in [9.17, 15) is 4.79 Å². The number of hydrogen-bond donors (Lipinski definition) is 3. The van der Waals surface area contributed by atoms with Crippen LogP contribution in [0.1, 0.15) is 13.8 Å². The van der Waals surface area contributed by atoms with E-state index in [0.717, 1.165) is 0 Å². The topological polar surface area (TPSA) is 87.8 Å². The number of carbonyl (C=O) groups is 1. The van der Waals surface area contributed by atoms with Crippen LogP contribution in [0, 0.1) is 0 Å². The number of nitrogens with one attached hydrogen (secondary N) is 1. The Kier molecular flexibility index (Phi) is 6.27. The molecule has 1 rings (SSSR count). The highest BCUT2D eigenvalue weighted by molar-refractivity contribution is 5.96. The number of anilines is 2. The van der Waals surface area contributed by atoms with Crippen LogP contribution in [0.4, 0.5) is 11.4 Å². The van der Waals surface area contributed by atoms with Crippen molar-refractivity contribution < 1.29 is 14.6 Å². The Bertz CT molecular complexity index is 451. The van der Waals surface area contributed by atoms with E-state index in [1.807, 2.05) is 11.8 Å². The Morgan fingerprint density at radius 1 is 1.55 bits per heavy atom. The first-order valence-corrected chi connectivity index (χ1v) is 6.62. The van der Waals surface area contributed by atoms with Gasteiger partial charge >= 0.3 is 0 Å². The highest BCUT2D eigenvalue weighted by Gasteiger charge is 2.20. The first-order chi connectivity index (χ1) is 9.53. The van der Waals surface area contributed by atoms with Gasteiger partial charge in [0.25, 0.3) is 0 Å². The minimum Gasteiger partial charge on any atom is -0.495 e. The second kappa shape index (κ2) is 7.72. The number of methoxy groups -OCH3 is 1. The van der Waals surface area contributed by atoms with Gasteiger partial charge in [0, 0.05) is 12.2 Å². The lowest BCUT2D eigenvalue weighted by Gasteiger charge is -2.26. The minimum atomic E-state index is -0.349. The molecule has 112 valence electrons. The number of nitrogen functional groups attached to an aromatic ring is 1. The van der Waals surface area contributed by atoms with E-state index in [4.69, 9.17) is 15.6 Å². The van der Waals surface area contributed by atoms with Crippen molar-refractivity contribution >= 4 is 17.3 Å². The van der Waals surface area contributed by atoms with E-state index >= 15 is 0 Å². The van der Waals surface area contributed by atoms with Crippen LogP contribution in [0.25, 0.3) is 0 Å². The lowest BCUT2D eigenvalue weighted by molar-refractivity contribution is -0.120. The summed E-state index contributed by atoms with van der Waals surface area (Å²) in [6.07, 6.45) is 0. The first-order valence-electron chi connectivity index (χ1n) is 6.62. The van der Waals surface area contributed by atoms with Crippen LogP contribution < -0.4 is 15.8 Å². The van der Waals surface area contributed by atoms with E-state index in [0.29, 0.717) is 30.2 Å². The summed E-state index contributed by atoms with van der Waals surface area (Å²) in [5.74, 6) is 0.397. The van der Waals surface area contributed by atoms with E-state index in [1.54, 1.807) is 25.1 Å². The molecule has 0 heterocycles. The van der Waals surface area contributed by atoms with Crippen LogP contribution in [-0.2, 0) is 4.79 Å². The molecule has 1 atom stereocenters. The summed E-state index contributed by atoms with van der Waals surface area (Å²) < 4.78 is 5.19. The molecule has 1 aromatic rings. The maximum Gasteiger partial charge on any atom is 0.241 e. The summed E-state index contributed by atoms with van der Waals surface area (Å²) in [6, 6.07) is 4.73. The van der Waals surface area contributed by atoms with Crippen molar-refractivity contribution in [3.8, 4) is 5.75 Å². The number of rotatable bonds is 7. The van der Waals surface area contributed by atoms with Crippen LogP contribution in [0.5, 0.6) is 5.75 Å². The fourth-order valence-corrected chi connectivity index (χ4v) is 1.98. The molecule has 0 saturated carbocycles. The van der Waals surface area contributed by atoms with E-state index in [2.05, 4.69) is 5.32 Å². The van der Waals surface area contributed by atoms with Gasteiger partial charge in [-0.15, -0.1) is 0 Å². The number of likely N-dealkylation sites (N-methyl/N-ethyl adjacent to an activating group) is 1. The molecule has 4 N–H and O–H groups in total. The Morgan fingerprint density at radius 3 is 2.80 bits per heavy atom.